The van der Waals surface area contributed by atoms with E-state index in [0.717, 1.165) is 21.3 Å². The fourth-order valence-electron chi connectivity index (χ4n) is 2.58. The molecule has 2 aromatic rings. The van der Waals surface area contributed by atoms with Crippen molar-refractivity contribution in [1.82, 2.24) is 0 Å². The van der Waals surface area contributed by atoms with Crippen LogP contribution in [0.4, 0.5) is 0 Å². The zero-order chi connectivity index (χ0) is 15.2. The summed E-state index contributed by atoms with van der Waals surface area (Å²) in [5.41, 5.74) is 3.17. The molecule has 1 heterocycles. The number of fused-ring (bicyclic) bond motifs is 1. The first-order valence-electron chi connectivity index (χ1n) is 6.75. The first-order valence-corrected chi connectivity index (χ1v) is 8.35. The summed E-state index contributed by atoms with van der Waals surface area (Å²) in [6, 6.07) is 11.9. The van der Waals surface area contributed by atoms with Crippen LogP contribution in [-0.2, 0) is 5.41 Å². The van der Waals surface area contributed by atoms with Gasteiger partial charge in [0, 0.05) is 20.5 Å². The SMILES string of the molecule is CC1(C)COc2ccc(C(Cl)c3cc(Br)ccc3Cl)cc21. The van der Waals surface area contributed by atoms with Gasteiger partial charge in [0.2, 0.25) is 0 Å². The van der Waals surface area contributed by atoms with E-state index in [0.29, 0.717) is 11.6 Å². The zero-order valence-corrected chi connectivity index (χ0v) is 14.9. The van der Waals surface area contributed by atoms with Crippen LogP contribution in [0.25, 0.3) is 0 Å². The number of rotatable bonds is 2. The Bertz CT molecular complexity index is 697. The largest absolute Gasteiger partial charge is 0.492 e. The first-order chi connectivity index (χ1) is 9.88. The molecule has 0 N–H and O–H groups in total. The van der Waals surface area contributed by atoms with E-state index < -0.39 is 0 Å². The average molecular weight is 386 g/mol. The molecular formula is C17H15BrCl2O. The quantitative estimate of drug-likeness (QED) is 0.567. The molecule has 0 aromatic heterocycles. The van der Waals surface area contributed by atoms with E-state index in [4.69, 9.17) is 27.9 Å². The van der Waals surface area contributed by atoms with Gasteiger partial charge in [-0.2, -0.15) is 0 Å². The molecule has 1 nitrogen and oxygen atoms in total. The Kier molecular flexibility index (Phi) is 3.98. The molecule has 0 spiro atoms. The van der Waals surface area contributed by atoms with Gasteiger partial charge in [0.1, 0.15) is 5.75 Å². The lowest BCUT2D eigenvalue weighted by Crippen LogP contribution is -2.18. The molecule has 2 aromatic carbocycles. The second-order valence-electron chi connectivity index (χ2n) is 5.96. The van der Waals surface area contributed by atoms with Crippen LogP contribution in [0, 0.1) is 0 Å². The summed E-state index contributed by atoms with van der Waals surface area (Å²) in [5.74, 6) is 0.952. The van der Waals surface area contributed by atoms with Crippen molar-refractivity contribution in [1.29, 1.82) is 0 Å². The number of alkyl halides is 1. The van der Waals surface area contributed by atoms with E-state index in [-0.39, 0.29) is 10.8 Å². The van der Waals surface area contributed by atoms with E-state index in [1.54, 1.807) is 0 Å². The third-order valence-corrected chi connectivity index (χ3v) is 5.17. The minimum absolute atomic E-state index is 0.0169. The highest BCUT2D eigenvalue weighted by atomic mass is 79.9. The van der Waals surface area contributed by atoms with Gasteiger partial charge < -0.3 is 4.74 Å². The molecular weight excluding hydrogens is 371 g/mol. The molecule has 0 aliphatic carbocycles. The Balaban J connectivity index is 2.03. The van der Waals surface area contributed by atoms with Gasteiger partial charge in [-0.3, -0.25) is 0 Å². The highest BCUT2D eigenvalue weighted by Gasteiger charge is 2.32. The van der Waals surface area contributed by atoms with Crippen LogP contribution < -0.4 is 4.74 Å². The van der Waals surface area contributed by atoms with Crippen molar-refractivity contribution in [3.63, 3.8) is 0 Å². The third kappa shape index (κ3) is 2.81. The summed E-state index contributed by atoms with van der Waals surface area (Å²) >= 11 is 16.4. The Hall–Kier alpha value is -0.700. The topological polar surface area (TPSA) is 9.23 Å². The van der Waals surface area contributed by atoms with E-state index >= 15 is 0 Å². The van der Waals surface area contributed by atoms with Crippen molar-refractivity contribution in [3.8, 4) is 5.75 Å². The lowest BCUT2D eigenvalue weighted by Gasteiger charge is -2.18. The highest BCUT2D eigenvalue weighted by Crippen LogP contribution is 2.42. The molecule has 0 fully saturated rings. The Morgan fingerprint density at radius 2 is 1.95 bits per heavy atom. The smallest absolute Gasteiger partial charge is 0.123 e. The zero-order valence-electron chi connectivity index (χ0n) is 11.8. The van der Waals surface area contributed by atoms with Crippen LogP contribution in [-0.4, -0.2) is 6.61 Å². The van der Waals surface area contributed by atoms with E-state index in [1.807, 2.05) is 30.3 Å². The van der Waals surface area contributed by atoms with Gasteiger partial charge in [0.25, 0.3) is 0 Å². The average Bonchev–Trinajstić information content (AvgIpc) is 2.76. The molecule has 110 valence electrons. The molecule has 1 aliphatic heterocycles. The summed E-state index contributed by atoms with van der Waals surface area (Å²) < 4.78 is 6.69. The number of hydrogen-bond acceptors (Lipinski definition) is 1. The Labute approximate surface area is 143 Å². The molecule has 3 rings (SSSR count). The lowest BCUT2D eigenvalue weighted by molar-refractivity contribution is 0.291. The maximum atomic E-state index is 6.66. The fourth-order valence-corrected chi connectivity index (χ4v) is 3.56. The Morgan fingerprint density at radius 1 is 1.19 bits per heavy atom. The molecule has 1 unspecified atom stereocenters. The van der Waals surface area contributed by atoms with Gasteiger partial charge in [-0.25, -0.2) is 0 Å². The molecule has 0 saturated carbocycles. The predicted octanol–water partition coefficient (Wildman–Crippen LogP) is 6.10. The van der Waals surface area contributed by atoms with Gasteiger partial charge in [0.15, 0.2) is 0 Å². The van der Waals surface area contributed by atoms with Gasteiger partial charge in [-0.05, 0) is 41.5 Å². The third-order valence-electron chi connectivity index (χ3n) is 3.85. The number of hydrogen-bond donors (Lipinski definition) is 0. The van der Waals surface area contributed by atoms with Crippen LogP contribution in [0.1, 0.15) is 35.9 Å². The summed E-state index contributed by atoms with van der Waals surface area (Å²) in [4.78, 5) is 0. The second-order valence-corrected chi connectivity index (χ2v) is 7.72. The van der Waals surface area contributed by atoms with Crippen LogP contribution in [0.3, 0.4) is 0 Å². The maximum Gasteiger partial charge on any atom is 0.123 e. The minimum Gasteiger partial charge on any atom is -0.492 e. The van der Waals surface area contributed by atoms with Crippen molar-refractivity contribution in [3.05, 3.63) is 62.6 Å². The second kappa shape index (κ2) is 5.49. The summed E-state index contributed by atoms with van der Waals surface area (Å²) in [6.45, 7) is 5.06. The van der Waals surface area contributed by atoms with E-state index in [1.165, 1.54) is 5.56 Å². The first kappa shape index (κ1) is 15.2. The summed E-state index contributed by atoms with van der Waals surface area (Å²) in [6.07, 6.45) is 0. The number of ether oxygens (including phenoxy) is 1. The normalized spacial score (nSPS) is 17.2. The van der Waals surface area contributed by atoms with Crippen molar-refractivity contribution in [2.75, 3.05) is 6.61 Å². The van der Waals surface area contributed by atoms with Gasteiger partial charge in [-0.15, -0.1) is 11.6 Å². The maximum absolute atomic E-state index is 6.66. The standard InChI is InChI=1S/C17H15BrCl2O/c1-17(2)9-21-15-6-3-10(7-13(15)17)16(20)12-8-11(18)4-5-14(12)19/h3-8,16H,9H2,1-2H3. The van der Waals surface area contributed by atoms with Crippen LogP contribution in [0.15, 0.2) is 40.9 Å². The Morgan fingerprint density at radius 3 is 2.71 bits per heavy atom. The molecule has 0 bridgehead atoms. The molecule has 4 heteroatoms. The van der Waals surface area contributed by atoms with E-state index in [2.05, 4.69) is 35.8 Å². The molecule has 0 saturated heterocycles. The van der Waals surface area contributed by atoms with Crippen LogP contribution >= 0.6 is 39.1 Å². The molecule has 0 radical (unpaired) electrons. The molecule has 1 aliphatic rings. The predicted molar refractivity (Wildman–Crippen MR) is 91.8 cm³/mol. The van der Waals surface area contributed by atoms with E-state index in [9.17, 15) is 0 Å². The number of benzene rings is 2. The van der Waals surface area contributed by atoms with Crippen LogP contribution in [0.2, 0.25) is 5.02 Å². The fraction of sp³-hybridized carbons (Fsp3) is 0.294. The van der Waals surface area contributed by atoms with Gasteiger partial charge in [0.05, 0.1) is 12.0 Å². The van der Waals surface area contributed by atoms with Crippen molar-refractivity contribution in [2.24, 2.45) is 0 Å². The molecule has 1 atom stereocenters. The monoisotopic (exact) mass is 384 g/mol. The lowest BCUT2D eigenvalue weighted by atomic mass is 9.85. The van der Waals surface area contributed by atoms with Crippen molar-refractivity contribution in [2.45, 2.75) is 24.6 Å². The highest BCUT2D eigenvalue weighted by molar-refractivity contribution is 9.10. The molecule has 0 amide bonds. The van der Waals surface area contributed by atoms with Gasteiger partial charge >= 0.3 is 0 Å². The van der Waals surface area contributed by atoms with Crippen LogP contribution in [0.5, 0.6) is 5.75 Å². The van der Waals surface area contributed by atoms with Gasteiger partial charge in [-0.1, -0.05) is 47.4 Å². The summed E-state index contributed by atoms with van der Waals surface area (Å²) in [7, 11) is 0. The minimum atomic E-state index is -0.281. The van der Waals surface area contributed by atoms with Crippen molar-refractivity contribution < 1.29 is 4.74 Å². The summed E-state index contributed by atoms with van der Waals surface area (Å²) in [5, 5.41) is 0.394. The molecule has 21 heavy (non-hydrogen) atoms. The number of halogens is 3. The van der Waals surface area contributed by atoms with Crippen molar-refractivity contribution >= 4 is 39.1 Å².